The second-order valence-electron chi connectivity index (χ2n) is 9.35. The van der Waals surface area contributed by atoms with Crippen molar-refractivity contribution < 1.29 is 18.0 Å². The van der Waals surface area contributed by atoms with Gasteiger partial charge in [-0.3, -0.25) is 13.9 Å². The number of anilines is 1. The van der Waals surface area contributed by atoms with Gasteiger partial charge in [0.1, 0.15) is 12.6 Å². The quantitative estimate of drug-likeness (QED) is 0.313. The highest BCUT2D eigenvalue weighted by Gasteiger charge is 2.33. The summed E-state index contributed by atoms with van der Waals surface area (Å²) >= 11 is 12.2. The minimum Gasteiger partial charge on any atom is -0.354 e. The summed E-state index contributed by atoms with van der Waals surface area (Å²) in [6, 6.07) is 20.3. The van der Waals surface area contributed by atoms with E-state index in [4.69, 9.17) is 23.2 Å². The highest BCUT2D eigenvalue weighted by molar-refractivity contribution is 7.92. The van der Waals surface area contributed by atoms with Gasteiger partial charge in [0.05, 0.1) is 11.9 Å². The van der Waals surface area contributed by atoms with Gasteiger partial charge in [-0.15, -0.1) is 0 Å². The number of carbonyl (C=O) groups is 2. The maximum Gasteiger partial charge on any atom is 0.244 e. The van der Waals surface area contributed by atoms with Crippen molar-refractivity contribution in [1.29, 1.82) is 0 Å². The molecule has 7 nitrogen and oxygen atoms in total. The topological polar surface area (TPSA) is 86.8 Å². The maximum absolute atomic E-state index is 14.0. The maximum atomic E-state index is 14.0. The number of carbonyl (C=O) groups excluding carboxylic acids is 2. The number of halogens is 2. The second kappa shape index (κ2) is 13.8. The summed E-state index contributed by atoms with van der Waals surface area (Å²) in [6.07, 6.45) is 2.04. The van der Waals surface area contributed by atoms with Gasteiger partial charge in [0, 0.05) is 29.6 Å². The lowest BCUT2D eigenvalue weighted by Crippen LogP contribution is -2.53. The molecule has 0 aliphatic carbocycles. The fraction of sp³-hybridized carbons (Fsp3) is 0.310. The Kier molecular flexibility index (Phi) is 10.8. The molecule has 0 saturated heterocycles. The van der Waals surface area contributed by atoms with E-state index in [-0.39, 0.29) is 18.9 Å². The average molecular weight is 591 g/mol. The van der Waals surface area contributed by atoms with Crippen LogP contribution >= 0.6 is 23.2 Å². The number of nitrogens with one attached hydrogen (secondary N) is 1. The van der Waals surface area contributed by atoms with E-state index in [9.17, 15) is 18.0 Å². The molecule has 1 N–H and O–H groups in total. The van der Waals surface area contributed by atoms with Gasteiger partial charge < -0.3 is 10.2 Å². The van der Waals surface area contributed by atoms with Crippen molar-refractivity contribution in [3.63, 3.8) is 0 Å². The molecule has 0 aliphatic heterocycles. The molecule has 3 aromatic rings. The fourth-order valence-electron chi connectivity index (χ4n) is 4.20. The van der Waals surface area contributed by atoms with Gasteiger partial charge in [-0.2, -0.15) is 0 Å². The SMILES string of the molecule is CCCNC(=O)C(Cc1ccccc1)N(Cc1ccc(Cl)cc1)C(=O)CN(c1ccc(Cl)cc1C)S(C)(=O)=O. The zero-order valence-electron chi connectivity index (χ0n) is 22.2. The molecule has 0 saturated carbocycles. The highest BCUT2D eigenvalue weighted by Crippen LogP contribution is 2.26. The molecule has 3 rings (SSSR count). The lowest BCUT2D eigenvalue weighted by Gasteiger charge is -2.33. The van der Waals surface area contributed by atoms with E-state index in [1.807, 2.05) is 37.3 Å². The molecule has 0 fully saturated rings. The third kappa shape index (κ3) is 8.71. The molecular formula is C29H33Cl2N3O4S. The Morgan fingerprint density at radius 3 is 2.15 bits per heavy atom. The molecule has 10 heteroatoms. The van der Waals surface area contributed by atoms with Crippen molar-refractivity contribution in [2.75, 3.05) is 23.7 Å². The number of sulfonamides is 1. The summed E-state index contributed by atoms with van der Waals surface area (Å²) in [6.45, 7) is 3.73. The molecule has 1 atom stereocenters. The first kappa shape index (κ1) is 30.5. The van der Waals surface area contributed by atoms with E-state index < -0.39 is 28.5 Å². The lowest BCUT2D eigenvalue weighted by molar-refractivity contribution is -0.140. The monoisotopic (exact) mass is 589 g/mol. The van der Waals surface area contributed by atoms with Crippen LogP contribution in [0.25, 0.3) is 0 Å². The van der Waals surface area contributed by atoms with E-state index in [1.54, 1.807) is 49.4 Å². The van der Waals surface area contributed by atoms with Crippen LogP contribution in [0.4, 0.5) is 5.69 Å². The van der Waals surface area contributed by atoms with Crippen LogP contribution in [0.5, 0.6) is 0 Å². The summed E-state index contributed by atoms with van der Waals surface area (Å²) in [7, 11) is -3.85. The smallest absolute Gasteiger partial charge is 0.244 e. The Morgan fingerprint density at radius 2 is 1.56 bits per heavy atom. The first-order chi connectivity index (χ1) is 18.5. The zero-order chi connectivity index (χ0) is 28.6. The predicted molar refractivity (Wildman–Crippen MR) is 158 cm³/mol. The van der Waals surface area contributed by atoms with E-state index >= 15 is 0 Å². The van der Waals surface area contributed by atoms with Crippen LogP contribution in [-0.4, -0.2) is 50.5 Å². The van der Waals surface area contributed by atoms with E-state index in [2.05, 4.69) is 5.32 Å². The Bertz CT molecular complexity index is 1380. The first-order valence-corrected chi connectivity index (χ1v) is 15.2. The van der Waals surface area contributed by atoms with Crippen LogP contribution in [0.15, 0.2) is 72.8 Å². The molecular weight excluding hydrogens is 557 g/mol. The standard InChI is InChI=1S/C29H33Cl2N3O4S/c1-4-16-32-29(36)27(18-22-8-6-5-7-9-22)33(19-23-10-12-24(30)13-11-23)28(35)20-34(39(3,37)38)26-15-14-25(31)17-21(26)2/h5-15,17,27H,4,16,18-20H2,1-3H3,(H,32,36). The number of hydrogen-bond acceptors (Lipinski definition) is 4. The molecule has 0 heterocycles. The average Bonchev–Trinajstić information content (AvgIpc) is 2.89. The fourth-order valence-corrected chi connectivity index (χ4v) is 5.46. The van der Waals surface area contributed by atoms with Crippen molar-refractivity contribution in [1.82, 2.24) is 10.2 Å². The largest absolute Gasteiger partial charge is 0.354 e. The molecule has 0 spiro atoms. The molecule has 0 aliphatic rings. The minimum atomic E-state index is -3.85. The summed E-state index contributed by atoms with van der Waals surface area (Å²) in [5.74, 6) is -0.825. The number of hydrogen-bond donors (Lipinski definition) is 1. The number of nitrogens with zero attached hydrogens (tertiary/aromatic N) is 2. The van der Waals surface area contributed by atoms with E-state index in [0.29, 0.717) is 27.8 Å². The van der Waals surface area contributed by atoms with Gasteiger partial charge in [-0.1, -0.05) is 72.6 Å². The molecule has 0 aromatic heterocycles. The summed E-state index contributed by atoms with van der Waals surface area (Å²) in [5, 5.41) is 3.91. The third-order valence-electron chi connectivity index (χ3n) is 6.19. The van der Waals surface area contributed by atoms with Crippen molar-refractivity contribution in [2.24, 2.45) is 0 Å². The van der Waals surface area contributed by atoms with E-state index in [0.717, 1.165) is 28.1 Å². The Morgan fingerprint density at radius 1 is 0.923 bits per heavy atom. The third-order valence-corrected chi connectivity index (χ3v) is 7.81. The predicted octanol–water partition coefficient (Wildman–Crippen LogP) is 5.23. The zero-order valence-corrected chi connectivity index (χ0v) is 24.6. The van der Waals surface area contributed by atoms with Crippen molar-refractivity contribution in [2.45, 2.75) is 39.3 Å². The summed E-state index contributed by atoms with van der Waals surface area (Å²) < 4.78 is 26.8. The Labute approximate surface area is 240 Å². The molecule has 208 valence electrons. The highest BCUT2D eigenvalue weighted by atomic mass is 35.5. The van der Waals surface area contributed by atoms with Crippen LogP contribution in [0.1, 0.15) is 30.0 Å². The molecule has 3 aromatic carbocycles. The van der Waals surface area contributed by atoms with Gasteiger partial charge in [-0.25, -0.2) is 8.42 Å². The number of benzene rings is 3. The van der Waals surface area contributed by atoms with Crippen LogP contribution in [0, 0.1) is 6.92 Å². The minimum absolute atomic E-state index is 0.0875. The van der Waals surface area contributed by atoms with Gasteiger partial charge >= 0.3 is 0 Å². The normalized spacial score (nSPS) is 12.0. The van der Waals surface area contributed by atoms with E-state index in [1.165, 1.54) is 4.90 Å². The Hall–Kier alpha value is -3.07. The van der Waals surface area contributed by atoms with Gasteiger partial charge in [-0.05, 0) is 60.4 Å². The van der Waals surface area contributed by atoms with Crippen LogP contribution < -0.4 is 9.62 Å². The lowest BCUT2D eigenvalue weighted by atomic mass is 10.0. The van der Waals surface area contributed by atoms with Crippen LogP contribution in [-0.2, 0) is 32.6 Å². The number of rotatable bonds is 12. The molecule has 2 amide bonds. The van der Waals surface area contributed by atoms with Crippen LogP contribution in [0.3, 0.4) is 0 Å². The first-order valence-electron chi connectivity index (χ1n) is 12.6. The molecule has 0 bridgehead atoms. The molecule has 1 unspecified atom stereocenters. The van der Waals surface area contributed by atoms with Crippen molar-refractivity contribution in [3.05, 3.63) is 99.5 Å². The van der Waals surface area contributed by atoms with Crippen molar-refractivity contribution in [3.8, 4) is 0 Å². The van der Waals surface area contributed by atoms with Gasteiger partial charge in [0.15, 0.2) is 0 Å². The molecule has 0 radical (unpaired) electrons. The van der Waals surface area contributed by atoms with Gasteiger partial charge in [0.2, 0.25) is 21.8 Å². The number of aryl methyl sites for hydroxylation is 1. The van der Waals surface area contributed by atoms with Gasteiger partial charge in [0.25, 0.3) is 0 Å². The summed E-state index contributed by atoms with van der Waals surface area (Å²) in [5.41, 5.74) is 2.57. The number of amides is 2. The molecule has 39 heavy (non-hydrogen) atoms. The summed E-state index contributed by atoms with van der Waals surface area (Å²) in [4.78, 5) is 28.9. The Balaban J connectivity index is 2.05. The second-order valence-corrected chi connectivity index (χ2v) is 12.1. The van der Waals surface area contributed by atoms with Crippen molar-refractivity contribution >= 4 is 50.7 Å². The van der Waals surface area contributed by atoms with Crippen LogP contribution in [0.2, 0.25) is 10.0 Å².